The van der Waals surface area contributed by atoms with Gasteiger partial charge in [-0.2, -0.15) is 0 Å². The zero-order chi connectivity index (χ0) is 13.5. The fourth-order valence-corrected chi connectivity index (χ4v) is 3.36. The number of furan rings is 1. The normalized spacial score (nSPS) is 28.7. The molecule has 1 N–H and O–H groups in total. The Kier molecular flexibility index (Phi) is 2.73. The van der Waals surface area contributed by atoms with Gasteiger partial charge in [-0.1, -0.05) is 0 Å². The van der Waals surface area contributed by atoms with Gasteiger partial charge in [-0.25, -0.2) is 0 Å². The third-order valence-electron chi connectivity index (χ3n) is 4.56. The van der Waals surface area contributed by atoms with Crippen molar-refractivity contribution in [2.24, 2.45) is 5.92 Å². The summed E-state index contributed by atoms with van der Waals surface area (Å²) < 4.78 is 5.11. The molecule has 1 amide bonds. The summed E-state index contributed by atoms with van der Waals surface area (Å²) in [6.07, 6.45) is 7.35. The molecule has 2 aromatic rings. The van der Waals surface area contributed by atoms with Gasteiger partial charge in [0.25, 0.3) is 5.91 Å². The van der Waals surface area contributed by atoms with E-state index >= 15 is 0 Å². The van der Waals surface area contributed by atoms with Gasteiger partial charge in [-0.3, -0.25) is 9.78 Å². The molecule has 3 fully saturated rings. The van der Waals surface area contributed by atoms with Crippen molar-refractivity contribution in [1.82, 2.24) is 15.2 Å². The molecular weight excluding hydrogens is 254 g/mol. The molecule has 0 unspecified atom stereocenters. The highest BCUT2D eigenvalue weighted by atomic mass is 16.3. The number of piperidine rings is 3. The second kappa shape index (κ2) is 4.59. The van der Waals surface area contributed by atoms with Crippen LogP contribution in [0.25, 0.3) is 10.8 Å². The molecule has 5 rings (SSSR count). The van der Waals surface area contributed by atoms with Crippen LogP contribution in [-0.4, -0.2) is 41.5 Å². The third kappa shape index (κ3) is 1.98. The maximum absolute atomic E-state index is 12.3. The molecule has 0 spiro atoms. The first-order valence-electron chi connectivity index (χ1n) is 7.15. The highest BCUT2D eigenvalue weighted by Crippen LogP contribution is 2.27. The van der Waals surface area contributed by atoms with E-state index < -0.39 is 0 Å². The summed E-state index contributed by atoms with van der Waals surface area (Å²) in [5, 5.41) is 4.99. The van der Waals surface area contributed by atoms with Crippen molar-refractivity contribution in [3.05, 3.63) is 30.5 Å². The lowest BCUT2D eigenvalue weighted by Gasteiger charge is -2.44. The van der Waals surface area contributed by atoms with E-state index in [1.165, 1.54) is 25.9 Å². The Morgan fingerprint density at radius 3 is 2.85 bits per heavy atom. The first-order chi connectivity index (χ1) is 9.79. The summed E-state index contributed by atoms with van der Waals surface area (Å²) in [5.41, 5.74) is 0.468. The van der Waals surface area contributed by atoms with Crippen LogP contribution in [0.5, 0.6) is 0 Å². The average Bonchev–Trinajstić information content (AvgIpc) is 2.96. The van der Waals surface area contributed by atoms with Gasteiger partial charge in [0.05, 0.1) is 12.5 Å². The smallest absolute Gasteiger partial charge is 0.270 e. The van der Waals surface area contributed by atoms with Gasteiger partial charge >= 0.3 is 0 Å². The summed E-state index contributed by atoms with van der Waals surface area (Å²) in [4.78, 5) is 19.0. The summed E-state index contributed by atoms with van der Waals surface area (Å²) in [7, 11) is 0. The lowest BCUT2D eigenvalue weighted by Crippen LogP contribution is -2.57. The largest absolute Gasteiger partial charge is 0.471 e. The summed E-state index contributed by atoms with van der Waals surface area (Å²) in [6.45, 7) is 3.33. The number of amides is 1. The van der Waals surface area contributed by atoms with E-state index in [1.54, 1.807) is 24.8 Å². The second-order valence-corrected chi connectivity index (χ2v) is 5.79. The zero-order valence-electron chi connectivity index (χ0n) is 11.2. The molecule has 5 heterocycles. The molecule has 5 heteroatoms. The van der Waals surface area contributed by atoms with Gasteiger partial charge in [-0.15, -0.1) is 0 Å². The van der Waals surface area contributed by atoms with Crippen LogP contribution in [0.2, 0.25) is 0 Å². The molecule has 3 aliphatic rings. The highest BCUT2D eigenvalue weighted by Gasteiger charge is 2.35. The fourth-order valence-electron chi connectivity index (χ4n) is 3.36. The van der Waals surface area contributed by atoms with Crippen LogP contribution in [0.4, 0.5) is 0 Å². The van der Waals surface area contributed by atoms with Crippen molar-refractivity contribution in [2.75, 3.05) is 19.6 Å². The number of carbonyl (C=O) groups is 1. The summed E-state index contributed by atoms with van der Waals surface area (Å²) in [6, 6.07) is 2.06. The van der Waals surface area contributed by atoms with E-state index in [2.05, 4.69) is 15.2 Å². The molecular formula is C15H17N3O2. The number of hydrogen-bond acceptors (Lipinski definition) is 4. The molecule has 3 saturated heterocycles. The SMILES string of the molecule is O=C(N[C@H]1CN2CCC1CC2)c1cc2cocc2cn1. The van der Waals surface area contributed by atoms with Crippen molar-refractivity contribution in [2.45, 2.75) is 18.9 Å². The van der Waals surface area contributed by atoms with Gasteiger partial charge in [0.2, 0.25) is 0 Å². The van der Waals surface area contributed by atoms with Crippen LogP contribution in [-0.2, 0) is 0 Å². The predicted octanol–water partition coefficient (Wildman–Crippen LogP) is 1.65. The van der Waals surface area contributed by atoms with Gasteiger partial charge in [0, 0.05) is 29.6 Å². The van der Waals surface area contributed by atoms with E-state index in [0.717, 1.165) is 17.3 Å². The molecule has 104 valence electrons. The Balaban J connectivity index is 1.52. The molecule has 1 atom stereocenters. The number of nitrogens with one attached hydrogen (secondary N) is 1. The minimum Gasteiger partial charge on any atom is -0.471 e. The molecule has 5 nitrogen and oxygen atoms in total. The van der Waals surface area contributed by atoms with Crippen LogP contribution < -0.4 is 5.32 Å². The monoisotopic (exact) mass is 271 g/mol. The first-order valence-corrected chi connectivity index (χ1v) is 7.15. The number of aromatic nitrogens is 1. The molecule has 3 aliphatic heterocycles. The van der Waals surface area contributed by atoms with Gasteiger partial charge in [0.1, 0.15) is 5.69 Å². The lowest BCUT2D eigenvalue weighted by molar-refractivity contribution is 0.0618. The van der Waals surface area contributed by atoms with E-state index in [1.807, 2.05) is 0 Å². The van der Waals surface area contributed by atoms with Gasteiger partial charge < -0.3 is 14.6 Å². The van der Waals surface area contributed by atoms with E-state index in [0.29, 0.717) is 11.6 Å². The van der Waals surface area contributed by atoms with E-state index in [9.17, 15) is 4.79 Å². The molecule has 20 heavy (non-hydrogen) atoms. The Hall–Kier alpha value is -1.88. The number of carbonyl (C=O) groups excluding carboxylic acids is 1. The zero-order valence-corrected chi connectivity index (χ0v) is 11.2. The molecule has 0 saturated carbocycles. The number of rotatable bonds is 2. The van der Waals surface area contributed by atoms with Crippen molar-refractivity contribution in [3.63, 3.8) is 0 Å². The average molecular weight is 271 g/mol. The highest BCUT2D eigenvalue weighted by molar-refractivity contribution is 5.96. The maximum atomic E-state index is 12.3. The van der Waals surface area contributed by atoms with Crippen LogP contribution in [0.1, 0.15) is 23.3 Å². The van der Waals surface area contributed by atoms with Gasteiger partial charge in [-0.05, 0) is 37.9 Å². The third-order valence-corrected chi connectivity index (χ3v) is 4.56. The van der Waals surface area contributed by atoms with Crippen molar-refractivity contribution in [1.29, 1.82) is 0 Å². The quantitative estimate of drug-likeness (QED) is 0.902. The molecule has 0 aliphatic carbocycles. The second-order valence-electron chi connectivity index (χ2n) is 5.79. The van der Waals surface area contributed by atoms with Crippen LogP contribution in [0.3, 0.4) is 0 Å². The summed E-state index contributed by atoms with van der Waals surface area (Å²) >= 11 is 0. The van der Waals surface area contributed by atoms with Crippen LogP contribution in [0.15, 0.2) is 29.2 Å². The fraction of sp³-hybridized carbons (Fsp3) is 0.467. The van der Waals surface area contributed by atoms with Crippen molar-refractivity contribution < 1.29 is 9.21 Å². The minimum absolute atomic E-state index is 0.0770. The van der Waals surface area contributed by atoms with E-state index in [4.69, 9.17) is 4.42 Å². The Morgan fingerprint density at radius 1 is 1.30 bits per heavy atom. The molecule has 0 radical (unpaired) electrons. The Morgan fingerprint density at radius 2 is 2.10 bits per heavy atom. The number of pyridine rings is 1. The number of fused-ring (bicyclic) bond motifs is 4. The van der Waals surface area contributed by atoms with Crippen molar-refractivity contribution in [3.8, 4) is 0 Å². The minimum atomic E-state index is -0.0770. The number of nitrogens with zero attached hydrogens (tertiary/aromatic N) is 2. The summed E-state index contributed by atoms with van der Waals surface area (Å²) in [5.74, 6) is 0.549. The van der Waals surface area contributed by atoms with E-state index in [-0.39, 0.29) is 11.9 Å². The first kappa shape index (κ1) is 11.9. The Labute approximate surface area is 117 Å². The standard InChI is InChI=1S/C15H17N3O2/c19-15(13-5-11-8-20-9-12(11)6-16-13)17-14-7-18-3-1-10(14)2-4-18/h5-6,8-10,14H,1-4,7H2,(H,17,19)/t14-/m0/s1. The number of hydrogen-bond donors (Lipinski definition) is 1. The molecule has 2 aromatic heterocycles. The molecule has 2 bridgehead atoms. The maximum Gasteiger partial charge on any atom is 0.270 e. The lowest BCUT2D eigenvalue weighted by atomic mass is 9.84. The molecule has 0 aromatic carbocycles. The van der Waals surface area contributed by atoms with Crippen molar-refractivity contribution >= 4 is 16.7 Å². The topological polar surface area (TPSA) is 58.4 Å². The van der Waals surface area contributed by atoms with Crippen LogP contribution >= 0.6 is 0 Å². The Bertz CT molecular complexity index is 643. The van der Waals surface area contributed by atoms with Crippen LogP contribution in [0, 0.1) is 5.92 Å². The predicted molar refractivity (Wildman–Crippen MR) is 74.4 cm³/mol. The van der Waals surface area contributed by atoms with Gasteiger partial charge in [0.15, 0.2) is 0 Å².